The zero-order valence-corrected chi connectivity index (χ0v) is 12.2. The molecule has 0 aliphatic carbocycles. The largest absolute Gasteiger partial charge is 0.481 e. The number of carbonyl (C=O) groups is 1. The molecule has 0 amide bonds. The molecule has 0 aromatic carbocycles. The zero-order chi connectivity index (χ0) is 14.7. The summed E-state index contributed by atoms with van der Waals surface area (Å²) < 4.78 is 1.62. The summed E-state index contributed by atoms with van der Waals surface area (Å²) in [6, 6.07) is 0.0214. The van der Waals surface area contributed by atoms with E-state index in [0.29, 0.717) is 22.9 Å². The highest BCUT2D eigenvalue weighted by atomic mass is 16.4. The summed E-state index contributed by atoms with van der Waals surface area (Å²) in [5.41, 5.74) is 1.57. The molecule has 1 heterocycles. The second kappa shape index (κ2) is 5.99. The summed E-state index contributed by atoms with van der Waals surface area (Å²) in [4.78, 5) is 26.9. The zero-order valence-electron chi connectivity index (χ0n) is 12.2. The molecule has 0 spiro atoms. The smallest absolute Gasteiger partial charge is 0.348 e. The maximum atomic E-state index is 12.0. The van der Waals surface area contributed by atoms with E-state index in [9.17, 15) is 9.59 Å². The summed E-state index contributed by atoms with van der Waals surface area (Å²) in [6.45, 7) is 9.64. The standard InChI is InChI=1S/C14H22N2O3/c1-8(2)6-9(3)16-11(5)12(7-13(17)18)10(4)15-14(16)19/h8-9H,6-7H2,1-5H3,(H,17,18). The predicted octanol–water partition coefficient (Wildman–Crippen LogP) is 2.09. The predicted molar refractivity (Wildman–Crippen MR) is 73.5 cm³/mol. The molecule has 1 N–H and O–H groups in total. The van der Waals surface area contributed by atoms with Crippen molar-refractivity contribution in [2.75, 3.05) is 0 Å². The van der Waals surface area contributed by atoms with Crippen molar-refractivity contribution in [1.82, 2.24) is 9.55 Å². The van der Waals surface area contributed by atoms with Crippen LogP contribution in [0.3, 0.4) is 0 Å². The van der Waals surface area contributed by atoms with Crippen LogP contribution in [0.5, 0.6) is 0 Å². The maximum absolute atomic E-state index is 12.0. The summed E-state index contributed by atoms with van der Waals surface area (Å²) in [5.74, 6) is -0.444. The van der Waals surface area contributed by atoms with E-state index < -0.39 is 5.97 Å². The van der Waals surface area contributed by atoms with E-state index in [2.05, 4.69) is 18.8 Å². The van der Waals surface area contributed by atoms with Crippen molar-refractivity contribution in [2.45, 2.75) is 53.5 Å². The first kappa shape index (κ1) is 15.4. The van der Waals surface area contributed by atoms with Crippen molar-refractivity contribution in [3.63, 3.8) is 0 Å². The Morgan fingerprint density at radius 1 is 1.32 bits per heavy atom. The van der Waals surface area contributed by atoms with E-state index in [0.717, 1.165) is 6.42 Å². The molecule has 1 unspecified atom stereocenters. The van der Waals surface area contributed by atoms with Gasteiger partial charge in [-0.1, -0.05) is 13.8 Å². The van der Waals surface area contributed by atoms with Crippen LogP contribution in [-0.2, 0) is 11.2 Å². The summed E-state index contributed by atoms with van der Waals surface area (Å²) in [6.07, 6.45) is 0.761. The lowest BCUT2D eigenvalue weighted by Crippen LogP contribution is -2.31. The molecule has 0 saturated carbocycles. The number of hydrogen-bond acceptors (Lipinski definition) is 3. The molecule has 0 fully saturated rings. The third-order valence-electron chi connectivity index (χ3n) is 3.29. The molecule has 0 saturated heterocycles. The van der Waals surface area contributed by atoms with Crippen molar-refractivity contribution in [3.05, 3.63) is 27.4 Å². The lowest BCUT2D eigenvalue weighted by Gasteiger charge is -2.21. The average molecular weight is 266 g/mol. The molecule has 0 aliphatic rings. The molecule has 1 aromatic heterocycles. The molecule has 0 aliphatic heterocycles. The molecule has 1 atom stereocenters. The van der Waals surface area contributed by atoms with Gasteiger partial charge in [0, 0.05) is 23.0 Å². The van der Waals surface area contributed by atoms with Gasteiger partial charge in [-0.25, -0.2) is 4.79 Å². The molecule has 1 aromatic rings. The molecule has 0 radical (unpaired) electrons. The fourth-order valence-corrected chi connectivity index (χ4v) is 2.53. The van der Waals surface area contributed by atoms with Gasteiger partial charge in [0.25, 0.3) is 0 Å². The molecule has 19 heavy (non-hydrogen) atoms. The van der Waals surface area contributed by atoms with E-state index in [1.54, 1.807) is 18.4 Å². The Bertz CT molecular complexity index is 532. The van der Waals surface area contributed by atoms with E-state index in [-0.39, 0.29) is 18.2 Å². The van der Waals surface area contributed by atoms with Gasteiger partial charge in [-0.05, 0) is 33.1 Å². The monoisotopic (exact) mass is 266 g/mol. The van der Waals surface area contributed by atoms with Gasteiger partial charge in [-0.3, -0.25) is 9.36 Å². The number of hydrogen-bond donors (Lipinski definition) is 1. The first-order chi connectivity index (χ1) is 8.73. The summed E-state index contributed by atoms with van der Waals surface area (Å²) in [5, 5.41) is 8.94. The number of aryl methyl sites for hydroxylation is 1. The van der Waals surface area contributed by atoms with E-state index in [4.69, 9.17) is 5.11 Å². The Morgan fingerprint density at radius 3 is 2.37 bits per heavy atom. The second-order valence-electron chi connectivity index (χ2n) is 5.46. The Hall–Kier alpha value is -1.65. The highest BCUT2D eigenvalue weighted by molar-refractivity contribution is 5.70. The average Bonchev–Trinajstić information content (AvgIpc) is 2.22. The van der Waals surface area contributed by atoms with Crippen LogP contribution in [0.4, 0.5) is 0 Å². The maximum Gasteiger partial charge on any atom is 0.348 e. The number of carboxylic acid groups (broad SMARTS) is 1. The summed E-state index contributed by atoms with van der Waals surface area (Å²) in [7, 11) is 0. The van der Waals surface area contributed by atoms with Gasteiger partial charge in [0.15, 0.2) is 0 Å². The first-order valence-electron chi connectivity index (χ1n) is 6.54. The van der Waals surface area contributed by atoms with Gasteiger partial charge in [-0.15, -0.1) is 0 Å². The van der Waals surface area contributed by atoms with E-state index in [1.165, 1.54) is 0 Å². The van der Waals surface area contributed by atoms with Gasteiger partial charge in [0.1, 0.15) is 0 Å². The third kappa shape index (κ3) is 3.66. The fraction of sp³-hybridized carbons (Fsp3) is 0.643. The minimum Gasteiger partial charge on any atom is -0.481 e. The Labute approximate surface area is 113 Å². The molecular weight excluding hydrogens is 244 g/mol. The molecule has 106 valence electrons. The van der Waals surface area contributed by atoms with Crippen LogP contribution in [0.2, 0.25) is 0 Å². The summed E-state index contributed by atoms with van der Waals surface area (Å²) >= 11 is 0. The topological polar surface area (TPSA) is 72.2 Å². The van der Waals surface area contributed by atoms with Gasteiger partial charge < -0.3 is 5.11 Å². The molecular formula is C14H22N2O3. The van der Waals surface area contributed by atoms with E-state index >= 15 is 0 Å². The lowest BCUT2D eigenvalue weighted by atomic mass is 10.0. The van der Waals surface area contributed by atoms with Gasteiger partial charge >= 0.3 is 11.7 Å². The minimum absolute atomic E-state index is 0.0214. The lowest BCUT2D eigenvalue weighted by molar-refractivity contribution is -0.136. The van der Waals surface area contributed by atoms with Crippen molar-refractivity contribution < 1.29 is 9.90 Å². The number of aliphatic carboxylic acids is 1. The quantitative estimate of drug-likeness (QED) is 0.885. The van der Waals surface area contributed by atoms with Crippen molar-refractivity contribution in [3.8, 4) is 0 Å². The molecule has 5 nitrogen and oxygen atoms in total. The Morgan fingerprint density at radius 2 is 1.89 bits per heavy atom. The molecule has 0 bridgehead atoms. The molecule has 5 heteroatoms. The van der Waals surface area contributed by atoms with Crippen LogP contribution in [-0.4, -0.2) is 20.6 Å². The normalized spacial score (nSPS) is 12.7. The third-order valence-corrected chi connectivity index (χ3v) is 3.29. The highest BCUT2D eigenvalue weighted by Gasteiger charge is 2.18. The fourth-order valence-electron chi connectivity index (χ4n) is 2.53. The van der Waals surface area contributed by atoms with Crippen LogP contribution in [0.1, 0.15) is 50.2 Å². The van der Waals surface area contributed by atoms with Gasteiger partial charge in [0.05, 0.1) is 6.42 Å². The second-order valence-corrected chi connectivity index (χ2v) is 5.46. The van der Waals surface area contributed by atoms with Crippen molar-refractivity contribution in [2.24, 2.45) is 5.92 Å². The Kier molecular flexibility index (Phi) is 4.86. The highest BCUT2D eigenvalue weighted by Crippen LogP contribution is 2.19. The van der Waals surface area contributed by atoms with Crippen LogP contribution < -0.4 is 5.69 Å². The van der Waals surface area contributed by atoms with Crippen LogP contribution in [0, 0.1) is 19.8 Å². The van der Waals surface area contributed by atoms with Crippen molar-refractivity contribution in [1.29, 1.82) is 0 Å². The van der Waals surface area contributed by atoms with Gasteiger partial charge in [-0.2, -0.15) is 4.98 Å². The first-order valence-corrected chi connectivity index (χ1v) is 6.54. The minimum atomic E-state index is -0.908. The van der Waals surface area contributed by atoms with Crippen LogP contribution in [0.15, 0.2) is 4.79 Å². The molecule has 1 rings (SSSR count). The number of nitrogens with zero attached hydrogens (tertiary/aromatic N) is 2. The van der Waals surface area contributed by atoms with Crippen LogP contribution >= 0.6 is 0 Å². The van der Waals surface area contributed by atoms with E-state index in [1.807, 2.05) is 6.92 Å². The number of carboxylic acids is 1. The number of aromatic nitrogens is 2. The Balaban J connectivity index is 3.32. The van der Waals surface area contributed by atoms with Gasteiger partial charge in [0.2, 0.25) is 0 Å². The SMILES string of the molecule is Cc1nc(=O)n(C(C)CC(C)C)c(C)c1CC(=O)O. The number of rotatable bonds is 5. The van der Waals surface area contributed by atoms with Crippen molar-refractivity contribution >= 4 is 5.97 Å². The van der Waals surface area contributed by atoms with Crippen LogP contribution in [0.25, 0.3) is 0 Å².